The summed E-state index contributed by atoms with van der Waals surface area (Å²) in [6, 6.07) is 0.535. The van der Waals surface area contributed by atoms with Crippen LogP contribution in [0.15, 0.2) is 0 Å². The third-order valence-corrected chi connectivity index (χ3v) is 5.13. The van der Waals surface area contributed by atoms with Crippen LogP contribution in [0.4, 0.5) is 0 Å². The SMILES string of the molecule is CCCN(C(C)C1CCCCC1)C1COCC1C(=O)O. The summed E-state index contributed by atoms with van der Waals surface area (Å²) in [7, 11) is 0. The van der Waals surface area contributed by atoms with Gasteiger partial charge in [0.15, 0.2) is 0 Å². The number of nitrogens with zero attached hydrogens (tertiary/aromatic N) is 1. The van der Waals surface area contributed by atoms with E-state index in [1.807, 2.05) is 0 Å². The summed E-state index contributed by atoms with van der Waals surface area (Å²) in [6.07, 6.45) is 7.69. The zero-order valence-corrected chi connectivity index (χ0v) is 12.9. The number of carboxylic acid groups (broad SMARTS) is 1. The first-order valence-electron chi connectivity index (χ1n) is 8.21. The normalized spacial score (nSPS) is 29.8. The highest BCUT2D eigenvalue weighted by Gasteiger charge is 2.40. The largest absolute Gasteiger partial charge is 0.481 e. The Morgan fingerprint density at radius 1 is 1.30 bits per heavy atom. The molecule has 0 aromatic heterocycles. The van der Waals surface area contributed by atoms with E-state index in [0.29, 0.717) is 19.3 Å². The van der Waals surface area contributed by atoms with Crippen LogP contribution in [0.3, 0.4) is 0 Å². The van der Waals surface area contributed by atoms with Crippen LogP contribution < -0.4 is 0 Å². The van der Waals surface area contributed by atoms with Crippen LogP contribution in [-0.2, 0) is 9.53 Å². The topological polar surface area (TPSA) is 49.8 Å². The number of hydrogen-bond acceptors (Lipinski definition) is 3. The lowest BCUT2D eigenvalue weighted by Gasteiger charge is -2.40. The van der Waals surface area contributed by atoms with Crippen LogP contribution in [0.1, 0.15) is 52.4 Å². The molecule has 116 valence electrons. The van der Waals surface area contributed by atoms with Crippen molar-refractivity contribution in [2.45, 2.75) is 64.5 Å². The van der Waals surface area contributed by atoms with E-state index in [1.165, 1.54) is 32.1 Å². The molecule has 0 spiro atoms. The molecule has 1 saturated carbocycles. The molecule has 4 nitrogen and oxygen atoms in total. The van der Waals surface area contributed by atoms with Gasteiger partial charge in [0.05, 0.1) is 19.1 Å². The first-order valence-corrected chi connectivity index (χ1v) is 8.21. The quantitative estimate of drug-likeness (QED) is 0.814. The molecule has 3 atom stereocenters. The molecule has 1 aliphatic heterocycles. The number of aliphatic carboxylic acids is 1. The Morgan fingerprint density at radius 2 is 2.00 bits per heavy atom. The van der Waals surface area contributed by atoms with Gasteiger partial charge in [0.25, 0.3) is 0 Å². The Kier molecular flexibility index (Phi) is 5.85. The van der Waals surface area contributed by atoms with E-state index in [4.69, 9.17) is 4.74 Å². The van der Waals surface area contributed by atoms with Crippen LogP contribution in [0, 0.1) is 11.8 Å². The van der Waals surface area contributed by atoms with Gasteiger partial charge >= 0.3 is 5.97 Å². The van der Waals surface area contributed by atoms with Gasteiger partial charge in [-0.2, -0.15) is 0 Å². The minimum atomic E-state index is -0.704. The monoisotopic (exact) mass is 283 g/mol. The maximum Gasteiger partial charge on any atom is 0.310 e. The number of ether oxygens (including phenoxy) is 1. The van der Waals surface area contributed by atoms with Crippen molar-refractivity contribution in [1.82, 2.24) is 4.90 Å². The van der Waals surface area contributed by atoms with Crippen LogP contribution in [0.25, 0.3) is 0 Å². The van der Waals surface area contributed by atoms with Crippen molar-refractivity contribution in [1.29, 1.82) is 0 Å². The van der Waals surface area contributed by atoms with Crippen molar-refractivity contribution >= 4 is 5.97 Å². The number of carboxylic acids is 1. The van der Waals surface area contributed by atoms with E-state index < -0.39 is 5.97 Å². The summed E-state index contributed by atoms with van der Waals surface area (Å²) in [5.41, 5.74) is 0. The van der Waals surface area contributed by atoms with Gasteiger partial charge in [0.2, 0.25) is 0 Å². The molecule has 1 heterocycles. The smallest absolute Gasteiger partial charge is 0.310 e. The fraction of sp³-hybridized carbons (Fsp3) is 0.938. The second-order valence-corrected chi connectivity index (χ2v) is 6.43. The second kappa shape index (κ2) is 7.41. The van der Waals surface area contributed by atoms with Gasteiger partial charge in [-0.1, -0.05) is 26.2 Å². The first kappa shape index (κ1) is 15.8. The third kappa shape index (κ3) is 3.53. The van der Waals surface area contributed by atoms with Gasteiger partial charge in [-0.25, -0.2) is 0 Å². The average molecular weight is 283 g/mol. The second-order valence-electron chi connectivity index (χ2n) is 6.43. The molecule has 0 bridgehead atoms. The van der Waals surface area contributed by atoms with Crippen LogP contribution in [0.5, 0.6) is 0 Å². The average Bonchev–Trinajstić information content (AvgIpc) is 2.94. The summed E-state index contributed by atoms with van der Waals surface area (Å²) in [4.78, 5) is 13.8. The molecule has 4 heteroatoms. The van der Waals surface area contributed by atoms with Crippen LogP contribution in [-0.4, -0.2) is 47.8 Å². The predicted octanol–water partition coefficient (Wildman–Crippen LogP) is 2.77. The standard InChI is InChI=1S/C16H29NO3/c1-3-9-17(12(2)13-7-5-4-6-8-13)15-11-20-10-14(15)16(18)19/h12-15H,3-11H2,1-2H3,(H,18,19). The first-order chi connectivity index (χ1) is 9.65. The number of carbonyl (C=O) groups is 1. The van der Waals surface area contributed by atoms with Gasteiger partial charge in [-0.05, 0) is 38.6 Å². The Hall–Kier alpha value is -0.610. The van der Waals surface area contributed by atoms with Gasteiger partial charge in [0.1, 0.15) is 0 Å². The Morgan fingerprint density at radius 3 is 2.60 bits per heavy atom. The minimum Gasteiger partial charge on any atom is -0.481 e. The molecule has 2 aliphatic rings. The van der Waals surface area contributed by atoms with E-state index in [0.717, 1.165) is 18.9 Å². The Balaban J connectivity index is 2.06. The fourth-order valence-corrected chi connectivity index (χ4v) is 3.92. The molecule has 1 aliphatic carbocycles. The molecule has 0 radical (unpaired) electrons. The molecular weight excluding hydrogens is 254 g/mol. The van der Waals surface area contributed by atoms with Gasteiger partial charge in [0, 0.05) is 12.1 Å². The summed E-state index contributed by atoms with van der Waals surface area (Å²) in [5.74, 6) is -0.331. The molecule has 1 saturated heterocycles. The van der Waals surface area contributed by atoms with Crippen LogP contribution in [0.2, 0.25) is 0 Å². The number of hydrogen-bond donors (Lipinski definition) is 1. The fourth-order valence-electron chi connectivity index (χ4n) is 3.92. The summed E-state index contributed by atoms with van der Waals surface area (Å²) in [6.45, 7) is 6.40. The van der Waals surface area contributed by atoms with Crippen LogP contribution >= 0.6 is 0 Å². The highest BCUT2D eigenvalue weighted by molar-refractivity contribution is 5.71. The number of rotatable bonds is 6. The van der Waals surface area contributed by atoms with Crippen molar-refractivity contribution in [3.63, 3.8) is 0 Å². The summed E-state index contributed by atoms with van der Waals surface area (Å²) >= 11 is 0. The van der Waals surface area contributed by atoms with E-state index in [9.17, 15) is 9.90 Å². The zero-order valence-electron chi connectivity index (χ0n) is 12.9. The highest BCUT2D eigenvalue weighted by Crippen LogP contribution is 2.32. The molecular formula is C16H29NO3. The van der Waals surface area contributed by atoms with E-state index in [2.05, 4.69) is 18.7 Å². The van der Waals surface area contributed by atoms with Gasteiger partial charge in [-0.15, -0.1) is 0 Å². The Labute approximate surface area is 122 Å². The molecule has 3 unspecified atom stereocenters. The lowest BCUT2D eigenvalue weighted by atomic mass is 9.83. The molecule has 2 rings (SSSR count). The maximum atomic E-state index is 11.4. The summed E-state index contributed by atoms with van der Waals surface area (Å²) in [5, 5.41) is 9.39. The van der Waals surface area contributed by atoms with E-state index in [1.54, 1.807) is 0 Å². The maximum absolute atomic E-state index is 11.4. The van der Waals surface area contributed by atoms with E-state index in [-0.39, 0.29) is 12.0 Å². The molecule has 0 aromatic rings. The molecule has 20 heavy (non-hydrogen) atoms. The zero-order chi connectivity index (χ0) is 14.5. The molecule has 1 N–H and O–H groups in total. The summed E-state index contributed by atoms with van der Waals surface area (Å²) < 4.78 is 5.47. The molecule has 2 fully saturated rings. The van der Waals surface area contributed by atoms with Crippen molar-refractivity contribution in [2.24, 2.45) is 11.8 Å². The van der Waals surface area contributed by atoms with Crippen molar-refractivity contribution in [3.05, 3.63) is 0 Å². The van der Waals surface area contributed by atoms with Crippen molar-refractivity contribution < 1.29 is 14.6 Å². The predicted molar refractivity (Wildman–Crippen MR) is 78.8 cm³/mol. The third-order valence-electron chi connectivity index (χ3n) is 5.13. The lowest BCUT2D eigenvalue weighted by molar-refractivity contribution is -0.143. The van der Waals surface area contributed by atoms with Crippen molar-refractivity contribution in [2.75, 3.05) is 19.8 Å². The minimum absolute atomic E-state index is 0.0596. The van der Waals surface area contributed by atoms with Gasteiger partial charge in [-0.3, -0.25) is 9.69 Å². The Bertz CT molecular complexity index is 315. The lowest BCUT2D eigenvalue weighted by Crippen LogP contribution is -2.50. The highest BCUT2D eigenvalue weighted by atomic mass is 16.5. The molecule has 0 aromatic carbocycles. The molecule has 0 amide bonds. The van der Waals surface area contributed by atoms with Gasteiger partial charge < -0.3 is 9.84 Å². The van der Waals surface area contributed by atoms with Crippen molar-refractivity contribution in [3.8, 4) is 0 Å². The van der Waals surface area contributed by atoms with E-state index >= 15 is 0 Å².